The molecule has 0 fully saturated rings. The van der Waals surface area contributed by atoms with Gasteiger partial charge in [-0.1, -0.05) is 26.0 Å². The lowest BCUT2D eigenvalue weighted by atomic mass is 9.99. The maximum absolute atomic E-state index is 8.62. The van der Waals surface area contributed by atoms with Crippen molar-refractivity contribution in [2.75, 3.05) is 5.75 Å². The second-order valence-electron chi connectivity index (χ2n) is 3.27. The van der Waals surface area contributed by atoms with Crippen LogP contribution in [0.2, 0.25) is 0 Å². The molecule has 1 aromatic carbocycles. The van der Waals surface area contributed by atoms with E-state index >= 15 is 0 Å². The summed E-state index contributed by atoms with van der Waals surface area (Å²) in [5.41, 5.74) is 1.27. The van der Waals surface area contributed by atoms with Crippen LogP contribution in [0.25, 0.3) is 0 Å². The fourth-order valence-electron chi connectivity index (χ4n) is 1.33. The number of thioether (sulfide) groups is 1. The Morgan fingerprint density at radius 3 is 2.93 bits per heavy atom. The molecule has 1 unspecified atom stereocenters. The first-order valence-corrected chi connectivity index (χ1v) is 5.86. The molecule has 0 N–H and O–H groups in total. The molecule has 2 heteroatoms. The molecule has 1 atom stereocenters. The third-order valence-corrected chi connectivity index (χ3v) is 3.01. The zero-order valence-corrected chi connectivity index (χ0v) is 9.47. The Balaban J connectivity index is 2.78. The molecule has 0 aromatic heterocycles. The van der Waals surface area contributed by atoms with Crippen LogP contribution >= 0.6 is 11.8 Å². The van der Waals surface area contributed by atoms with Gasteiger partial charge in [-0.3, -0.25) is 0 Å². The Bertz CT molecular complexity index is 327. The van der Waals surface area contributed by atoms with E-state index in [4.69, 9.17) is 5.26 Å². The van der Waals surface area contributed by atoms with Crippen LogP contribution in [0.5, 0.6) is 0 Å². The second kappa shape index (κ2) is 5.72. The van der Waals surface area contributed by atoms with Crippen molar-refractivity contribution in [2.24, 2.45) is 0 Å². The summed E-state index contributed by atoms with van der Waals surface area (Å²) < 4.78 is 0. The van der Waals surface area contributed by atoms with E-state index in [9.17, 15) is 0 Å². The second-order valence-corrected chi connectivity index (χ2v) is 4.61. The maximum atomic E-state index is 8.62. The van der Waals surface area contributed by atoms with Crippen LogP contribution in [0.3, 0.4) is 0 Å². The van der Waals surface area contributed by atoms with Crippen molar-refractivity contribution in [2.45, 2.75) is 31.1 Å². The van der Waals surface area contributed by atoms with Crippen LogP contribution in [-0.2, 0) is 0 Å². The Hall–Kier alpha value is -0.940. The van der Waals surface area contributed by atoms with Crippen molar-refractivity contribution in [3.05, 3.63) is 29.8 Å². The van der Waals surface area contributed by atoms with Crippen molar-refractivity contribution in [1.29, 1.82) is 5.26 Å². The van der Waals surface area contributed by atoms with Gasteiger partial charge in [-0.05, 0) is 29.4 Å². The van der Waals surface area contributed by atoms with Gasteiger partial charge in [0.15, 0.2) is 0 Å². The van der Waals surface area contributed by atoms with E-state index in [1.807, 2.05) is 11.8 Å². The summed E-state index contributed by atoms with van der Waals surface area (Å²) in [6.07, 6.45) is 0.597. The molecule has 1 nitrogen and oxygen atoms in total. The molecule has 14 heavy (non-hydrogen) atoms. The van der Waals surface area contributed by atoms with Crippen LogP contribution in [0, 0.1) is 11.3 Å². The third-order valence-electron chi connectivity index (χ3n) is 2.14. The van der Waals surface area contributed by atoms with Gasteiger partial charge in [0.25, 0.3) is 0 Å². The Labute approximate surface area is 90.1 Å². The van der Waals surface area contributed by atoms with E-state index in [-0.39, 0.29) is 0 Å². The molecule has 0 aliphatic heterocycles. The first-order chi connectivity index (χ1) is 6.77. The normalized spacial score (nSPS) is 12.1. The maximum Gasteiger partial charge on any atom is 0.0628 e. The van der Waals surface area contributed by atoms with Crippen LogP contribution in [0.1, 0.15) is 31.7 Å². The van der Waals surface area contributed by atoms with Gasteiger partial charge >= 0.3 is 0 Å². The predicted molar refractivity (Wildman–Crippen MR) is 61.5 cm³/mol. The Morgan fingerprint density at radius 1 is 1.50 bits per heavy atom. The fourth-order valence-corrected chi connectivity index (χ4v) is 2.06. The minimum atomic E-state index is 0.345. The fraction of sp³-hybridized carbons (Fsp3) is 0.417. The van der Waals surface area contributed by atoms with Gasteiger partial charge in [0.2, 0.25) is 0 Å². The molecular weight excluding hydrogens is 190 g/mol. The topological polar surface area (TPSA) is 23.8 Å². The molecule has 0 amide bonds. The largest absolute Gasteiger partial charge is 0.198 e. The highest BCUT2D eigenvalue weighted by Gasteiger charge is 2.04. The zero-order valence-electron chi connectivity index (χ0n) is 8.66. The molecular formula is C12H15NS. The molecule has 74 valence electrons. The molecule has 0 saturated carbocycles. The minimum absolute atomic E-state index is 0.345. The number of rotatable bonds is 4. The van der Waals surface area contributed by atoms with Crippen molar-refractivity contribution in [1.82, 2.24) is 0 Å². The first kappa shape index (κ1) is 11.1. The summed E-state index contributed by atoms with van der Waals surface area (Å²) in [4.78, 5) is 1.30. The molecule has 0 radical (unpaired) electrons. The quantitative estimate of drug-likeness (QED) is 0.698. The van der Waals surface area contributed by atoms with E-state index in [0.717, 1.165) is 5.75 Å². The van der Waals surface area contributed by atoms with E-state index in [1.165, 1.54) is 10.5 Å². The van der Waals surface area contributed by atoms with E-state index in [1.54, 1.807) is 0 Å². The van der Waals surface area contributed by atoms with E-state index < -0.39 is 0 Å². The zero-order chi connectivity index (χ0) is 10.4. The molecule has 1 aromatic rings. The summed E-state index contributed by atoms with van der Waals surface area (Å²) in [7, 11) is 0. The van der Waals surface area contributed by atoms with Gasteiger partial charge in [-0.25, -0.2) is 0 Å². The lowest BCUT2D eigenvalue weighted by molar-refractivity contribution is 0.786. The summed E-state index contributed by atoms with van der Waals surface area (Å²) in [5, 5.41) is 8.62. The van der Waals surface area contributed by atoms with Crippen LogP contribution in [-0.4, -0.2) is 5.75 Å². The van der Waals surface area contributed by atoms with Gasteiger partial charge in [0, 0.05) is 11.3 Å². The standard InChI is InChI=1S/C12H15NS/c1-3-14-12-6-4-5-11(9-12)10(2)7-8-13/h4-6,9-10H,3,7H2,1-2H3. The van der Waals surface area contributed by atoms with Crippen LogP contribution in [0.15, 0.2) is 29.2 Å². The van der Waals surface area contributed by atoms with Gasteiger partial charge in [0.05, 0.1) is 6.07 Å². The minimum Gasteiger partial charge on any atom is -0.198 e. The smallest absolute Gasteiger partial charge is 0.0628 e. The summed E-state index contributed by atoms with van der Waals surface area (Å²) >= 11 is 1.84. The highest BCUT2D eigenvalue weighted by atomic mass is 32.2. The van der Waals surface area contributed by atoms with Crippen molar-refractivity contribution >= 4 is 11.8 Å². The SMILES string of the molecule is CCSc1cccc(C(C)CC#N)c1. The monoisotopic (exact) mass is 205 g/mol. The van der Waals surface area contributed by atoms with Gasteiger partial charge in [-0.15, -0.1) is 11.8 Å². The lowest BCUT2D eigenvalue weighted by Crippen LogP contribution is -1.91. The number of hydrogen-bond donors (Lipinski definition) is 0. The van der Waals surface area contributed by atoms with E-state index in [2.05, 4.69) is 44.2 Å². The summed E-state index contributed by atoms with van der Waals surface area (Å²) in [5.74, 6) is 1.44. The molecule has 0 bridgehead atoms. The van der Waals surface area contributed by atoms with Gasteiger partial charge < -0.3 is 0 Å². The number of hydrogen-bond acceptors (Lipinski definition) is 2. The molecule has 0 aliphatic rings. The highest BCUT2D eigenvalue weighted by molar-refractivity contribution is 7.99. The third kappa shape index (κ3) is 3.08. The first-order valence-electron chi connectivity index (χ1n) is 4.87. The Kier molecular flexibility index (Phi) is 4.55. The van der Waals surface area contributed by atoms with Gasteiger partial charge in [-0.2, -0.15) is 5.26 Å². The molecule has 1 rings (SSSR count). The average molecular weight is 205 g/mol. The highest BCUT2D eigenvalue weighted by Crippen LogP contribution is 2.24. The average Bonchev–Trinajstić information content (AvgIpc) is 2.19. The lowest BCUT2D eigenvalue weighted by Gasteiger charge is -2.08. The van der Waals surface area contributed by atoms with Crippen LogP contribution < -0.4 is 0 Å². The van der Waals surface area contributed by atoms with Crippen LogP contribution in [0.4, 0.5) is 0 Å². The molecule has 0 heterocycles. The van der Waals surface area contributed by atoms with Crippen molar-refractivity contribution in [3.8, 4) is 6.07 Å². The predicted octanol–water partition coefficient (Wildman–Crippen LogP) is 3.82. The number of nitrogens with zero attached hydrogens (tertiary/aromatic N) is 1. The summed E-state index contributed by atoms with van der Waals surface area (Å²) in [6, 6.07) is 10.7. The van der Waals surface area contributed by atoms with Gasteiger partial charge in [0.1, 0.15) is 0 Å². The Morgan fingerprint density at radius 2 is 2.29 bits per heavy atom. The summed E-state index contributed by atoms with van der Waals surface area (Å²) in [6.45, 7) is 4.25. The number of nitriles is 1. The van der Waals surface area contributed by atoms with E-state index in [0.29, 0.717) is 12.3 Å². The number of benzene rings is 1. The molecule has 0 saturated heterocycles. The molecule has 0 aliphatic carbocycles. The van der Waals surface area contributed by atoms with Crippen molar-refractivity contribution in [3.63, 3.8) is 0 Å². The van der Waals surface area contributed by atoms with Crippen molar-refractivity contribution < 1.29 is 0 Å². The molecule has 0 spiro atoms.